The fraction of sp³-hybridized carbons (Fsp3) is 0.643. The highest BCUT2D eigenvalue weighted by Gasteiger charge is 2.52. The molecule has 3 N–H and O–H groups in total. The zero-order valence-corrected chi connectivity index (χ0v) is 34.1. The molecule has 0 radical (unpaired) electrons. The lowest BCUT2D eigenvalue weighted by Gasteiger charge is -2.31. The van der Waals surface area contributed by atoms with E-state index in [-0.39, 0.29) is 43.4 Å². The summed E-state index contributed by atoms with van der Waals surface area (Å²) in [6.45, 7) is 7.24. The number of rotatable bonds is 22. The number of ether oxygens (including phenoxy) is 5. The number of esters is 3. The number of nitrogens with one attached hydrogen (secondary N) is 2. The highest BCUT2D eigenvalue weighted by atomic mass is 19.4. The van der Waals surface area contributed by atoms with Crippen LogP contribution in [0.3, 0.4) is 0 Å². The van der Waals surface area contributed by atoms with Crippen molar-refractivity contribution >= 4 is 35.8 Å². The molecule has 1 fully saturated rings. The van der Waals surface area contributed by atoms with Gasteiger partial charge in [0.15, 0.2) is 12.4 Å². The Morgan fingerprint density at radius 1 is 1.00 bits per heavy atom. The molecule has 0 aromatic heterocycles. The third-order valence-electron chi connectivity index (χ3n) is 9.30. The molecule has 1 aromatic carbocycles. The van der Waals surface area contributed by atoms with Crippen LogP contribution in [0, 0.1) is 0 Å². The Labute approximate surface area is 338 Å². The standard InChI is InChI=1S/C42H59F3N2O11/c1-6-8-10-20-41(21-11-9-7-2)56-33-25-30(38(52)46-22-19-34(49)47-31(26-48)16-18-36(51)57-40(3,4)5)24-32(37(33)58-41)55-39(53)29-14-12-13-28(23-29)15-17-35(50)54-27-42(43,44)45/h12-15,17,23,25,31-33,37,48H,6-11,16,18-22,24,26-27H2,1-5H3,(H,46,52)(H,47,49). The Morgan fingerprint density at radius 2 is 1.69 bits per heavy atom. The average Bonchev–Trinajstić information content (AvgIpc) is 3.52. The SMILES string of the molecule is CCCCCC1(CCCCC)OC2C=C(C(=O)NCCC(=O)NC(CO)CCC(=O)OC(C)(C)C)CC(OC(=O)c3cccc(C=CC(=O)OCC(F)(F)F)c3)C2O1. The summed E-state index contributed by atoms with van der Waals surface area (Å²) in [6.07, 6.45) is 3.39. The summed E-state index contributed by atoms with van der Waals surface area (Å²) in [7, 11) is 0. The maximum Gasteiger partial charge on any atom is 0.422 e. The maximum atomic E-state index is 13.6. The molecule has 2 aliphatic rings. The lowest BCUT2D eigenvalue weighted by atomic mass is 9.91. The molecule has 58 heavy (non-hydrogen) atoms. The molecule has 1 saturated heterocycles. The minimum Gasteiger partial charge on any atom is -0.460 e. The number of hydrogen-bond acceptors (Lipinski definition) is 11. The van der Waals surface area contributed by atoms with Crippen molar-refractivity contribution in [2.45, 2.75) is 154 Å². The summed E-state index contributed by atoms with van der Waals surface area (Å²) in [4.78, 5) is 63.7. The largest absolute Gasteiger partial charge is 0.460 e. The van der Waals surface area contributed by atoms with Crippen LogP contribution in [-0.4, -0.2) is 96.5 Å². The van der Waals surface area contributed by atoms with Gasteiger partial charge in [-0.3, -0.25) is 14.4 Å². The van der Waals surface area contributed by atoms with Gasteiger partial charge in [0.2, 0.25) is 11.8 Å². The normalized spacial score (nSPS) is 19.5. The monoisotopic (exact) mass is 824 g/mol. The number of carbonyl (C=O) groups excluding carboxylic acids is 5. The van der Waals surface area contributed by atoms with Crippen molar-refractivity contribution in [3.63, 3.8) is 0 Å². The van der Waals surface area contributed by atoms with Crippen molar-refractivity contribution < 1.29 is 65.9 Å². The Hall–Kier alpha value is -4.28. The number of hydrogen-bond donors (Lipinski definition) is 3. The van der Waals surface area contributed by atoms with Crippen LogP contribution in [0.2, 0.25) is 0 Å². The van der Waals surface area contributed by atoms with Gasteiger partial charge in [0.25, 0.3) is 0 Å². The highest BCUT2D eigenvalue weighted by molar-refractivity contribution is 5.95. The molecule has 324 valence electrons. The second-order valence-corrected chi connectivity index (χ2v) is 15.6. The number of alkyl halides is 3. The number of carbonyl (C=O) groups is 5. The topological polar surface area (TPSA) is 176 Å². The zero-order valence-electron chi connectivity index (χ0n) is 34.1. The number of halogens is 3. The summed E-state index contributed by atoms with van der Waals surface area (Å²) < 4.78 is 66.0. The summed E-state index contributed by atoms with van der Waals surface area (Å²) in [5, 5.41) is 15.1. The molecular formula is C42H59F3N2O11. The Bertz CT molecular complexity index is 1590. The fourth-order valence-corrected chi connectivity index (χ4v) is 6.54. The molecular weight excluding hydrogens is 765 g/mol. The second-order valence-electron chi connectivity index (χ2n) is 15.6. The first kappa shape index (κ1) is 48.1. The van der Waals surface area contributed by atoms with E-state index in [1.54, 1.807) is 26.8 Å². The van der Waals surface area contributed by atoms with Crippen molar-refractivity contribution in [1.82, 2.24) is 10.6 Å². The van der Waals surface area contributed by atoms with Crippen molar-refractivity contribution in [2.75, 3.05) is 19.8 Å². The van der Waals surface area contributed by atoms with Gasteiger partial charge in [0.05, 0.1) is 18.2 Å². The van der Waals surface area contributed by atoms with Crippen LogP contribution in [0.15, 0.2) is 42.0 Å². The summed E-state index contributed by atoms with van der Waals surface area (Å²) in [5.74, 6) is -4.33. The first-order chi connectivity index (χ1) is 27.4. The van der Waals surface area contributed by atoms with Crippen LogP contribution in [0.5, 0.6) is 0 Å². The van der Waals surface area contributed by atoms with Gasteiger partial charge >= 0.3 is 24.1 Å². The quantitative estimate of drug-likeness (QED) is 0.0510. The molecule has 4 unspecified atom stereocenters. The van der Waals surface area contributed by atoms with E-state index in [1.807, 2.05) is 0 Å². The number of aliphatic hydroxyl groups excluding tert-OH is 1. The number of aliphatic hydroxyl groups is 1. The molecule has 1 aliphatic heterocycles. The van der Waals surface area contributed by atoms with Crippen molar-refractivity contribution in [3.8, 4) is 0 Å². The van der Waals surface area contributed by atoms with Crippen molar-refractivity contribution in [2.24, 2.45) is 0 Å². The predicted octanol–water partition coefficient (Wildman–Crippen LogP) is 6.41. The van der Waals surface area contributed by atoms with E-state index in [1.165, 1.54) is 30.3 Å². The van der Waals surface area contributed by atoms with Gasteiger partial charge in [0, 0.05) is 50.3 Å². The Balaban J connectivity index is 1.73. The number of benzene rings is 1. The molecule has 2 amide bonds. The Kier molecular flexibility index (Phi) is 18.9. The van der Waals surface area contributed by atoms with E-state index in [4.69, 9.17) is 18.9 Å². The summed E-state index contributed by atoms with van der Waals surface area (Å²) in [5.41, 5.74) is 0.00651. The van der Waals surface area contributed by atoms with Crippen molar-refractivity contribution in [1.29, 1.82) is 0 Å². The predicted molar refractivity (Wildman–Crippen MR) is 207 cm³/mol. The van der Waals surface area contributed by atoms with Gasteiger partial charge < -0.3 is 39.4 Å². The fourth-order valence-electron chi connectivity index (χ4n) is 6.54. The lowest BCUT2D eigenvalue weighted by Crippen LogP contribution is -2.44. The molecule has 1 heterocycles. The van der Waals surface area contributed by atoms with E-state index in [0.29, 0.717) is 18.4 Å². The molecule has 1 aliphatic carbocycles. The third kappa shape index (κ3) is 16.9. The Morgan fingerprint density at radius 3 is 2.31 bits per heavy atom. The van der Waals surface area contributed by atoms with Gasteiger partial charge in [-0.1, -0.05) is 51.7 Å². The van der Waals surface area contributed by atoms with Gasteiger partial charge in [-0.05, 0) is 69.9 Å². The smallest absolute Gasteiger partial charge is 0.422 e. The minimum absolute atomic E-state index is 0.000874. The van der Waals surface area contributed by atoms with E-state index < -0.39 is 84.9 Å². The highest BCUT2D eigenvalue weighted by Crippen LogP contribution is 2.43. The average molecular weight is 825 g/mol. The number of unbranched alkanes of at least 4 members (excludes halogenated alkanes) is 4. The van der Waals surface area contributed by atoms with Crippen LogP contribution < -0.4 is 10.6 Å². The molecule has 16 heteroatoms. The van der Waals surface area contributed by atoms with Crippen LogP contribution in [0.4, 0.5) is 13.2 Å². The molecule has 0 bridgehead atoms. The first-order valence-corrected chi connectivity index (χ1v) is 20.0. The molecule has 4 atom stereocenters. The second kappa shape index (κ2) is 22.8. The molecule has 1 aromatic rings. The number of fused-ring (bicyclic) bond motifs is 1. The maximum absolute atomic E-state index is 13.6. The van der Waals surface area contributed by atoms with Crippen LogP contribution >= 0.6 is 0 Å². The van der Waals surface area contributed by atoms with Gasteiger partial charge in [0.1, 0.15) is 23.9 Å². The number of amides is 2. The minimum atomic E-state index is -4.67. The van der Waals surface area contributed by atoms with Gasteiger partial charge in [-0.15, -0.1) is 0 Å². The molecule has 3 rings (SSSR count). The van der Waals surface area contributed by atoms with Crippen LogP contribution in [0.1, 0.15) is 128 Å². The zero-order chi connectivity index (χ0) is 42.9. The summed E-state index contributed by atoms with van der Waals surface area (Å²) >= 11 is 0. The van der Waals surface area contributed by atoms with E-state index >= 15 is 0 Å². The molecule has 0 spiro atoms. The summed E-state index contributed by atoms with van der Waals surface area (Å²) in [6, 6.07) is 5.24. The third-order valence-corrected chi connectivity index (χ3v) is 9.30. The van der Waals surface area contributed by atoms with Gasteiger partial charge in [-0.2, -0.15) is 13.2 Å². The molecule has 13 nitrogen and oxygen atoms in total. The van der Waals surface area contributed by atoms with E-state index in [2.05, 4.69) is 29.2 Å². The lowest BCUT2D eigenvalue weighted by molar-refractivity contribution is -0.190. The van der Waals surface area contributed by atoms with Crippen molar-refractivity contribution in [3.05, 3.63) is 53.1 Å². The van der Waals surface area contributed by atoms with Gasteiger partial charge in [-0.25, -0.2) is 9.59 Å². The molecule has 0 saturated carbocycles. The van der Waals surface area contributed by atoms with E-state index in [9.17, 15) is 42.3 Å². The first-order valence-electron chi connectivity index (χ1n) is 20.0. The van der Waals surface area contributed by atoms with E-state index in [0.717, 1.165) is 44.6 Å². The van der Waals surface area contributed by atoms with Crippen LogP contribution in [-0.2, 0) is 42.9 Å². The van der Waals surface area contributed by atoms with Crippen LogP contribution in [0.25, 0.3) is 6.08 Å².